The zero-order valence-electron chi connectivity index (χ0n) is 28.5. The number of anilines is 3. The number of nitrogens with zero attached hydrogens (tertiary/aromatic N) is 1. The Kier molecular flexibility index (Phi) is 6.93. The predicted molar refractivity (Wildman–Crippen MR) is 207 cm³/mol. The molecule has 234 valence electrons. The molecule has 0 unspecified atom stereocenters. The fourth-order valence-corrected chi connectivity index (χ4v) is 8.34. The van der Waals surface area contributed by atoms with E-state index < -0.39 is 0 Å². The molecule has 0 radical (unpaired) electrons. The summed E-state index contributed by atoms with van der Waals surface area (Å²) in [4.78, 5) is 2.52. The third-order valence-electron chi connectivity index (χ3n) is 10.8. The van der Waals surface area contributed by atoms with Crippen molar-refractivity contribution < 1.29 is 0 Å². The molecular weight excluding hydrogens is 579 g/mol. The Bertz CT molecular complexity index is 2290. The molecule has 0 atom stereocenters. The van der Waals surface area contributed by atoms with Gasteiger partial charge >= 0.3 is 0 Å². The van der Waals surface area contributed by atoms with Crippen LogP contribution in [0.5, 0.6) is 0 Å². The summed E-state index contributed by atoms with van der Waals surface area (Å²) in [7, 11) is 0. The molecule has 0 amide bonds. The van der Waals surface area contributed by atoms with Crippen molar-refractivity contribution in [2.45, 2.75) is 45.4 Å². The fraction of sp³-hybridized carbons (Fsp3) is 0.149. The van der Waals surface area contributed by atoms with Gasteiger partial charge in [-0.15, -0.1) is 0 Å². The molecule has 48 heavy (non-hydrogen) atoms. The number of allylic oxidation sites excluding steroid dienone is 5. The lowest BCUT2D eigenvalue weighted by Crippen LogP contribution is -2.18. The van der Waals surface area contributed by atoms with Crippen LogP contribution in [0.4, 0.5) is 17.1 Å². The maximum absolute atomic E-state index is 4.06. The van der Waals surface area contributed by atoms with Crippen molar-refractivity contribution in [3.8, 4) is 22.3 Å². The van der Waals surface area contributed by atoms with Crippen molar-refractivity contribution in [3.05, 3.63) is 180 Å². The van der Waals surface area contributed by atoms with E-state index in [1.54, 1.807) is 0 Å². The van der Waals surface area contributed by atoms with Crippen molar-refractivity contribution in [2.24, 2.45) is 0 Å². The number of hydrogen-bond donors (Lipinski definition) is 0. The molecule has 6 aromatic carbocycles. The van der Waals surface area contributed by atoms with Crippen LogP contribution in [0.25, 0.3) is 38.6 Å². The van der Waals surface area contributed by atoms with Gasteiger partial charge in [-0.3, -0.25) is 0 Å². The zero-order valence-corrected chi connectivity index (χ0v) is 28.5. The second kappa shape index (κ2) is 11.1. The minimum absolute atomic E-state index is 0.126. The molecular formula is C47H41N. The van der Waals surface area contributed by atoms with Crippen LogP contribution in [0.1, 0.15) is 56.9 Å². The van der Waals surface area contributed by atoms with Crippen LogP contribution in [0.2, 0.25) is 0 Å². The number of benzene rings is 6. The summed E-state index contributed by atoms with van der Waals surface area (Å²) in [5.74, 6) is 0. The molecule has 1 heteroatoms. The highest BCUT2D eigenvalue weighted by molar-refractivity contribution is 6.10. The Hall–Kier alpha value is -5.40. The first kappa shape index (κ1) is 30.0. The largest absolute Gasteiger partial charge is 0.309 e. The van der Waals surface area contributed by atoms with E-state index in [-0.39, 0.29) is 10.8 Å². The average molecular weight is 620 g/mol. The summed E-state index contributed by atoms with van der Waals surface area (Å²) in [5.41, 5.74) is 16.3. The number of hydrogen-bond acceptors (Lipinski definition) is 1. The third-order valence-corrected chi connectivity index (χ3v) is 10.8. The van der Waals surface area contributed by atoms with Gasteiger partial charge in [0.15, 0.2) is 0 Å². The van der Waals surface area contributed by atoms with Crippen molar-refractivity contribution in [1.82, 2.24) is 0 Å². The molecule has 2 aliphatic carbocycles. The summed E-state index contributed by atoms with van der Waals surface area (Å²) in [6, 6.07) is 47.2. The van der Waals surface area contributed by atoms with Gasteiger partial charge in [-0.25, -0.2) is 0 Å². The molecule has 0 fully saturated rings. The third kappa shape index (κ3) is 4.38. The lowest BCUT2D eigenvalue weighted by Gasteiger charge is -2.32. The van der Waals surface area contributed by atoms with Gasteiger partial charge in [0.25, 0.3) is 0 Å². The first-order valence-electron chi connectivity index (χ1n) is 17.0. The molecule has 0 spiro atoms. The number of rotatable bonds is 5. The van der Waals surface area contributed by atoms with Crippen molar-refractivity contribution in [3.63, 3.8) is 0 Å². The van der Waals surface area contributed by atoms with Gasteiger partial charge in [-0.1, -0.05) is 150 Å². The fourth-order valence-electron chi connectivity index (χ4n) is 8.34. The summed E-state index contributed by atoms with van der Waals surface area (Å²) in [6.45, 7) is 15.6. The summed E-state index contributed by atoms with van der Waals surface area (Å²) in [6.07, 6.45) is 6.36. The van der Waals surface area contributed by atoms with Crippen molar-refractivity contribution >= 4 is 33.4 Å². The topological polar surface area (TPSA) is 3.24 Å². The normalized spacial score (nSPS) is 16.9. The minimum Gasteiger partial charge on any atom is -0.309 e. The molecule has 0 N–H and O–H groups in total. The summed E-state index contributed by atoms with van der Waals surface area (Å²) >= 11 is 0. The van der Waals surface area contributed by atoms with E-state index in [1.165, 1.54) is 72.1 Å². The Morgan fingerprint density at radius 3 is 2.00 bits per heavy atom. The minimum atomic E-state index is -0.167. The molecule has 1 nitrogen and oxygen atoms in total. The maximum atomic E-state index is 4.06. The monoisotopic (exact) mass is 619 g/mol. The lowest BCUT2D eigenvalue weighted by atomic mass is 9.81. The lowest BCUT2D eigenvalue weighted by molar-refractivity contribution is 0.661. The molecule has 6 aromatic rings. The van der Waals surface area contributed by atoms with Crippen LogP contribution in [0.15, 0.2) is 158 Å². The van der Waals surface area contributed by atoms with Gasteiger partial charge < -0.3 is 4.90 Å². The number of fused-ring (bicyclic) bond motifs is 5. The second-order valence-corrected chi connectivity index (χ2v) is 14.2. The van der Waals surface area contributed by atoms with Crippen LogP contribution >= 0.6 is 0 Å². The van der Waals surface area contributed by atoms with Crippen molar-refractivity contribution in [2.75, 3.05) is 4.90 Å². The van der Waals surface area contributed by atoms with E-state index in [9.17, 15) is 0 Å². The van der Waals surface area contributed by atoms with Gasteiger partial charge in [0.1, 0.15) is 0 Å². The van der Waals surface area contributed by atoms with Crippen LogP contribution in [0.3, 0.4) is 0 Å². The standard InChI is InChI=1S/C47H41N/c1-7-16-40-36(8-2)38-28-27-35(30-42(38)46(40,3)4)48(34-25-23-32(24-26-34)31-17-10-9-11-18-31)45-37-20-13-12-19-33(37)29-43-44(45)39-21-14-15-22-41(39)47(43,5)6/h7-30H,1H2,2-6H3/b36-8-,40-16+. The SMILES string of the molecule is C=C/C=C1\C(=C/C)c2ccc(N(c3ccc(-c4ccccc4)cc3)c3c4c(cc5ccccc35)C(C)(C)c3ccccc3-4)cc2C1(C)C. The molecule has 8 rings (SSSR count). The van der Waals surface area contributed by atoms with E-state index >= 15 is 0 Å². The second-order valence-electron chi connectivity index (χ2n) is 14.2. The molecule has 0 saturated heterocycles. The molecule has 2 aliphatic rings. The highest BCUT2D eigenvalue weighted by atomic mass is 15.1. The molecule has 0 heterocycles. The van der Waals surface area contributed by atoms with Crippen LogP contribution in [-0.2, 0) is 10.8 Å². The van der Waals surface area contributed by atoms with E-state index in [0.29, 0.717) is 0 Å². The van der Waals surface area contributed by atoms with Gasteiger partial charge in [0, 0.05) is 33.2 Å². The van der Waals surface area contributed by atoms with E-state index in [4.69, 9.17) is 0 Å². The van der Waals surface area contributed by atoms with E-state index in [0.717, 1.165) is 11.4 Å². The van der Waals surface area contributed by atoms with Gasteiger partial charge in [0.2, 0.25) is 0 Å². The van der Waals surface area contributed by atoms with Crippen molar-refractivity contribution in [1.29, 1.82) is 0 Å². The zero-order chi connectivity index (χ0) is 33.2. The first-order chi connectivity index (χ1) is 23.3. The van der Waals surface area contributed by atoms with Gasteiger partial charge in [0.05, 0.1) is 5.69 Å². The molecule has 0 aliphatic heterocycles. The average Bonchev–Trinajstić information content (AvgIpc) is 3.47. The Morgan fingerprint density at radius 2 is 1.25 bits per heavy atom. The molecule has 0 saturated carbocycles. The molecule has 0 bridgehead atoms. The maximum Gasteiger partial charge on any atom is 0.0621 e. The summed E-state index contributed by atoms with van der Waals surface area (Å²) in [5, 5.41) is 2.50. The van der Waals surface area contributed by atoms with E-state index in [1.807, 2.05) is 6.08 Å². The van der Waals surface area contributed by atoms with Crippen LogP contribution in [-0.4, -0.2) is 0 Å². The Balaban J connectivity index is 1.45. The quantitative estimate of drug-likeness (QED) is 0.186. The molecule has 0 aromatic heterocycles. The summed E-state index contributed by atoms with van der Waals surface area (Å²) < 4.78 is 0. The Labute approximate surface area is 285 Å². The highest BCUT2D eigenvalue weighted by Crippen LogP contribution is 2.57. The smallest absolute Gasteiger partial charge is 0.0621 e. The Morgan fingerprint density at radius 1 is 0.583 bits per heavy atom. The highest BCUT2D eigenvalue weighted by Gasteiger charge is 2.40. The van der Waals surface area contributed by atoms with Crippen LogP contribution < -0.4 is 4.90 Å². The van der Waals surface area contributed by atoms with Gasteiger partial charge in [-0.05, 0) is 92.7 Å². The van der Waals surface area contributed by atoms with Crippen LogP contribution in [0, 0.1) is 0 Å². The first-order valence-corrected chi connectivity index (χ1v) is 17.0. The van der Waals surface area contributed by atoms with Gasteiger partial charge in [-0.2, -0.15) is 0 Å². The van der Waals surface area contributed by atoms with E-state index in [2.05, 4.69) is 186 Å². The predicted octanol–water partition coefficient (Wildman–Crippen LogP) is 13.1.